The number of anilines is 1. The highest BCUT2D eigenvalue weighted by Gasteiger charge is 2.64. The number of methoxy groups -OCH3 is 1. The third-order valence-electron chi connectivity index (χ3n) is 5.69. The summed E-state index contributed by atoms with van der Waals surface area (Å²) in [4.78, 5) is 21.5. The summed E-state index contributed by atoms with van der Waals surface area (Å²) in [6, 6.07) is 7.01. The normalized spacial score (nSPS) is 25.5. The van der Waals surface area contributed by atoms with Crippen LogP contribution in [-0.4, -0.2) is 46.3 Å². The van der Waals surface area contributed by atoms with Crippen molar-refractivity contribution >= 4 is 17.4 Å². The summed E-state index contributed by atoms with van der Waals surface area (Å²) >= 11 is 0. The molecule has 0 atom stereocenters. The summed E-state index contributed by atoms with van der Waals surface area (Å²) in [5.74, 6) is 0.556. The number of nitrogens with one attached hydrogen (secondary N) is 1. The zero-order valence-electron chi connectivity index (χ0n) is 15.3. The van der Waals surface area contributed by atoms with E-state index in [2.05, 4.69) is 10.3 Å². The van der Waals surface area contributed by atoms with Crippen molar-refractivity contribution in [2.75, 3.05) is 25.7 Å². The number of amides is 1. The SMILES string of the molecule is COc1cc2nc(C34COC(CF)(C3)C4)cn2cc1C(=O)Nc1ccccn1. The van der Waals surface area contributed by atoms with Crippen molar-refractivity contribution in [1.29, 1.82) is 0 Å². The molecule has 2 aliphatic heterocycles. The molecule has 5 heterocycles. The van der Waals surface area contributed by atoms with E-state index in [4.69, 9.17) is 14.5 Å². The second-order valence-electron chi connectivity index (χ2n) is 7.56. The molecule has 8 heteroatoms. The number of ether oxygens (including phenoxy) is 2. The lowest BCUT2D eigenvalue weighted by Gasteiger charge is -2.41. The van der Waals surface area contributed by atoms with E-state index in [1.807, 2.05) is 6.20 Å². The molecule has 0 unspecified atom stereocenters. The number of hydrogen-bond donors (Lipinski definition) is 1. The Kier molecular flexibility index (Phi) is 3.67. The molecule has 2 saturated heterocycles. The van der Waals surface area contributed by atoms with Crippen molar-refractivity contribution in [2.24, 2.45) is 0 Å². The van der Waals surface area contributed by atoms with Crippen LogP contribution < -0.4 is 10.1 Å². The molecule has 0 aromatic carbocycles. The van der Waals surface area contributed by atoms with Gasteiger partial charge in [0.15, 0.2) is 0 Å². The Morgan fingerprint density at radius 1 is 1.39 bits per heavy atom. The molecule has 3 aromatic rings. The minimum atomic E-state index is -0.624. The maximum atomic E-state index is 13.2. The minimum absolute atomic E-state index is 0.234. The van der Waals surface area contributed by atoms with E-state index in [1.54, 1.807) is 41.1 Å². The number of carbonyl (C=O) groups excluding carboxylic acids is 1. The van der Waals surface area contributed by atoms with Crippen LogP contribution >= 0.6 is 0 Å². The Balaban J connectivity index is 1.48. The topological polar surface area (TPSA) is 77.8 Å². The third-order valence-corrected chi connectivity index (χ3v) is 5.69. The number of carbonyl (C=O) groups is 1. The predicted molar refractivity (Wildman–Crippen MR) is 99.5 cm³/mol. The number of fused-ring (bicyclic) bond motifs is 2. The van der Waals surface area contributed by atoms with Crippen molar-refractivity contribution in [3.63, 3.8) is 0 Å². The zero-order valence-corrected chi connectivity index (χ0v) is 15.3. The minimum Gasteiger partial charge on any atom is -0.496 e. The molecule has 1 aliphatic carbocycles. The maximum Gasteiger partial charge on any atom is 0.262 e. The molecule has 7 nitrogen and oxygen atoms in total. The second kappa shape index (κ2) is 6.00. The van der Waals surface area contributed by atoms with E-state index < -0.39 is 12.3 Å². The number of alkyl halides is 1. The first-order chi connectivity index (χ1) is 13.6. The molecule has 1 saturated carbocycles. The second-order valence-corrected chi connectivity index (χ2v) is 7.56. The lowest BCUT2D eigenvalue weighted by atomic mass is 9.61. The van der Waals surface area contributed by atoms with Crippen LogP contribution in [-0.2, 0) is 10.2 Å². The highest BCUT2D eigenvalue weighted by molar-refractivity contribution is 6.05. The quantitative estimate of drug-likeness (QED) is 0.734. The van der Waals surface area contributed by atoms with Crippen LogP contribution in [0.2, 0.25) is 0 Å². The van der Waals surface area contributed by atoms with Gasteiger partial charge in [0.05, 0.1) is 30.6 Å². The molecular weight excluding hydrogens is 363 g/mol. The van der Waals surface area contributed by atoms with Crippen molar-refractivity contribution < 1.29 is 18.7 Å². The fourth-order valence-corrected chi connectivity index (χ4v) is 4.30. The fourth-order valence-electron chi connectivity index (χ4n) is 4.30. The van der Waals surface area contributed by atoms with E-state index in [9.17, 15) is 9.18 Å². The van der Waals surface area contributed by atoms with Gasteiger partial charge < -0.3 is 19.2 Å². The monoisotopic (exact) mass is 382 g/mol. The first kappa shape index (κ1) is 17.1. The number of nitrogens with zero attached hydrogens (tertiary/aromatic N) is 3. The highest BCUT2D eigenvalue weighted by Crippen LogP contribution is 2.58. The van der Waals surface area contributed by atoms with Crippen LogP contribution in [0.25, 0.3) is 5.65 Å². The van der Waals surface area contributed by atoms with Gasteiger partial charge in [-0.2, -0.15) is 0 Å². The molecule has 1 amide bonds. The third kappa shape index (κ3) is 2.48. The number of hydrogen-bond acceptors (Lipinski definition) is 5. The Hall–Kier alpha value is -3.00. The van der Waals surface area contributed by atoms with Crippen molar-refractivity contribution in [1.82, 2.24) is 14.4 Å². The van der Waals surface area contributed by atoms with Gasteiger partial charge >= 0.3 is 0 Å². The summed E-state index contributed by atoms with van der Waals surface area (Å²) < 4.78 is 26.1. The summed E-state index contributed by atoms with van der Waals surface area (Å²) in [5.41, 5.74) is 1.04. The van der Waals surface area contributed by atoms with E-state index in [0.717, 1.165) is 5.69 Å². The summed E-state index contributed by atoms with van der Waals surface area (Å²) in [5, 5.41) is 2.76. The van der Waals surface area contributed by atoms with Crippen LogP contribution in [0.5, 0.6) is 5.75 Å². The molecule has 28 heavy (non-hydrogen) atoms. The van der Waals surface area contributed by atoms with Gasteiger partial charge in [-0.3, -0.25) is 4.79 Å². The Bertz CT molecular complexity index is 1060. The van der Waals surface area contributed by atoms with Crippen molar-refractivity contribution in [3.8, 4) is 5.75 Å². The molecule has 3 fully saturated rings. The van der Waals surface area contributed by atoms with Gasteiger partial charge in [-0.15, -0.1) is 0 Å². The van der Waals surface area contributed by atoms with Gasteiger partial charge in [0.1, 0.15) is 23.9 Å². The number of halogens is 1. The van der Waals surface area contributed by atoms with Crippen LogP contribution in [0.3, 0.4) is 0 Å². The molecular formula is C20H19FN4O3. The number of pyridine rings is 2. The van der Waals surface area contributed by atoms with Gasteiger partial charge in [-0.1, -0.05) is 6.07 Å². The maximum absolute atomic E-state index is 13.2. The molecule has 2 bridgehead atoms. The zero-order chi connectivity index (χ0) is 19.4. The van der Waals surface area contributed by atoms with Gasteiger partial charge in [0, 0.05) is 30.1 Å². The standard InChI is InChI=1S/C20H19FN4O3/c1-27-14-6-17-23-15(19-9-20(10-19,11-21)28-12-19)8-25(17)7-13(14)18(26)24-16-4-2-3-5-22-16/h2-8H,9-12H2,1H3,(H,22,24,26). The smallest absolute Gasteiger partial charge is 0.262 e. The van der Waals surface area contributed by atoms with Crippen LogP contribution in [0.15, 0.2) is 42.9 Å². The molecule has 144 valence electrons. The predicted octanol–water partition coefficient (Wildman–Crippen LogP) is 2.76. The van der Waals surface area contributed by atoms with Gasteiger partial charge in [0.25, 0.3) is 5.91 Å². The molecule has 0 radical (unpaired) electrons. The molecule has 0 spiro atoms. The number of rotatable bonds is 5. The van der Waals surface area contributed by atoms with Crippen LogP contribution in [0, 0.1) is 0 Å². The lowest BCUT2D eigenvalue weighted by molar-refractivity contribution is -0.0235. The Morgan fingerprint density at radius 3 is 2.93 bits per heavy atom. The Labute approximate surface area is 160 Å². The molecule has 3 aromatic heterocycles. The average Bonchev–Trinajstić information content (AvgIpc) is 3.38. The summed E-state index contributed by atoms with van der Waals surface area (Å²) in [7, 11) is 1.51. The van der Waals surface area contributed by atoms with Gasteiger partial charge in [-0.25, -0.2) is 14.4 Å². The summed E-state index contributed by atoms with van der Waals surface area (Å²) in [6.07, 6.45) is 6.48. The Morgan fingerprint density at radius 2 is 2.25 bits per heavy atom. The van der Waals surface area contributed by atoms with Gasteiger partial charge in [-0.05, 0) is 25.0 Å². The lowest BCUT2D eigenvalue weighted by Crippen LogP contribution is -2.48. The fraction of sp³-hybridized carbons (Fsp3) is 0.350. The van der Waals surface area contributed by atoms with E-state index in [0.29, 0.717) is 42.2 Å². The molecule has 3 aliphatic rings. The van der Waals surface area contributed by atoms with Crippen molar-refractivity contribution in [2.45, 2.75) is 23.9 Å². The van der Waals surface area contributed by atoms with E-state index in [-0.39, 0.29) is 11.3 Å². The van der Waals surface area contributed by atoms with Gasteiger partial charge in [0.2, 0.25) is 0 Å². The largest absolute Gasteiger partial charge is 0.496 e. The molecule has 1 N–H and O–H groups in total. The average molecular weight is 382 g/mol. The van der Waals surface area contributed by atoms with Crippen LogP contribution in [0.1, 0.15) is 28.9 Å². The first-order valence-electron chi connectivity index (χ1n) is 9.06. The van der Waals surface area contributed by atoms with Crippen LogP contribution in [0.4, 0.5) is 10.2 Å². The molecule has 6 rings (SSSR count). The highest BCUT2D eigenvalue weighted by atomic mass is 19.1. The summed E-state index contributed by atoms with van der Waals surface area (Å²) in [6.45, 7) is 0.0126. The van der Waals surface area contributed by atoms with E-state index >= 15 is 0 Å². The first-order valence-corrected chi connectivity index (χ1v) is 9.06. The number of aromatic nitrogens is 3. The number of imidazole rings is 1. The van der Waals surface area contributed by atoms with Crippen molar-refractivity contribution in [3.05, 3.63) is 54.1 Å². The van der Waals surface area contributed by atoms with E-state index in [1.165, 1.54) is 7.11 Å².